The van der Waals surface area contributed by atoms with Gasteiger partial charge in [-0.25, -0.2) is 4.98 Å². The summed E-state index contributed by atoms with van der Waals surface area (Å²) >= 11 is 0. The van der Waals surface area contributed by atoms with Crippen molar-refractivity contribution < 1.29 is 4.79 Å². The van der Waals surface area contributed by atoms with Gasteiger partial charge in [0.25, 0.3) is 0 Å². The molecule has 0 N–H and O–H groups in total. The maximum atomic E-state index is 12.5. The fourth-order valence-electron chi connectivity index (χ4n) is 4.06. The Labute approximate surface area is 155 Å². The largest absolute Gasteiger partial charge is 0.354 e. The zero-order valence-electron chi connectivity index (χ0n) is 15.7. The number of hydrogen-bond donors (Lipinski definition) is 0. The van der Waals surface area contributed by atoms with Crippen molar-refractivity contribution in [2.45, 2.75) is 26.2 Å². The van der Waals surface area contributed by atoms with Crippen molar-refractivity contribution in [3.63, 3.8) is 0 Å². The normalized spacial score (nSPS) is 19.1. The molecule has 1 amide bonds. The Morgan fingerprint density at radius 1 is 1.00 bits per heavy atom. The van der Waals surface area contributed by atoms with Gasteiger partial charge in [-0.15, -0.1) is 0 Å². The van der Waals surface area contributed by atoms with Gasteiger partial charge in [-0.2, -0.15) is 0 Å². The molecule has 138 valence electrons. The first-order valence-corrected chi connectivity index (χ1v) is 9.82. The molecule has 4 rings (SSSR count). The Morgan fingerprint density at radius 3 is 2.50 bits per heavy atom. The predicted octanol–water partition coefficient (Wildman–Crippen LogP) is 2.68. The molecule has 2 fully saturated rings. The number of piperazine rings is 1. The third kappa shape index (κ3) is 3.68. The highest BCUT2D eigenvalue weighted by Gasteiger charge is 2.23. The number of aryl methyl sites for hydroxylation is 1. The Morgan fingerprint density at radius 2 is 1.73 bits per heavy atom. The number of pyridine rings is 1. The van der Waals surface area contributed by atoms with Crippen molar-refractivity contribution in [2.75, 3.05) is 50.7 Å². The van der Waals surface area contributed by atoms with Gasteiger partial charge in [-0.1, -0.05) is 18.2 Å². The second-order valence-electron chi connectivity index (χ2n) is 7.52. The molecule has 2 aliphatic rings. The molecular weight excluding hydrogens is 324 g/mol. The molecule has 0 saturated carbocycles. The van der Waals surface area contributed by atoms with Gasteiger partial charge in [0.1, 0.15) is 5.82 Å². The molecule has 1 aromatic carbocycles. The Kier molecular flexibility index (Phi) is 5.07. The van der Waals surface area contributed by atoms with Crippen molar-refractivity contribution in [3.8, 4) is 0 Å². The van der Waals surface area contributed by atoms with Gasteiger partial charge < -0.3 is 9.80 Å². The Bertz CT molecular complexity index is 777. The molecule has 1 aromatic heterocycles. The van der Waals surface area contributed by atoms with Gasteiger partial charge in [-0.3, -0.25) is 9.69 Å². The average molecular weight is 352 g/mol. The minimum atomic E-state index is 0.304. The number of nitrogens with zero attached hydrogens (tertiary/aromatic N) is 4. The summed E-state index contributed by atoms with van der Waals surface area (Å²) < 4.78 is 0. The number of amides is 1. The fourth-order valence-corrected chi connectivity index (χ4v) is 4.06. The summed E-state index contributed by atoms with van der Waals surface area (Å²) in [5.74, 6) is 1.36. The third-order valence-electron chi connectivity index (χ3n) is 5.67. The highest BCUT2D eigenvalue weighted by Crippen LogP contribution is 2.23. The Hall–Kier alpha value is -2.14. The first-order chi connectivity index (χ1) is 12.7. The maximum absolute atomic E-state index is 12.5. The molecule has 3 heterocycles. The van der Waals surface area contributed by atoms with Gasteiger partial charge in [-0.05, 0) is 43.9 Å². The van der Waals surface area contributed by atoms with E-state index in [0.29, 0.717) is 12.5 Å². The molecule has 26 heavy (non-hydrogen) atoms. The molecule has 2 saturated heterocycles. The van der Waals surface area contributed by atoms with Crippen LogP contribution >= 0.6 is 0 Å². The van der Waals surface area contributed by atoms with Crippen LogP contribution in [0.5, 0.6) is 0 Å². The van der Waals surface area contributed by atoms with E-state index >= 15 is 0 Å². The first-order valence-electron chi connectivity index (χ1n) is 9.82. The number of carbonyl (C=O) groups is 1. The van der Waals surface area contributed by atoms with Gasteiger partial charge in [0.05, 0.1) is 12.1 Å². The number of benzene rings is 1. The zero-order chi connectivity index (χ0) is 17.9. The van der Waals surface area contributed by atoms with Gasteiger partial charge in [0.2, 0.25) is 5.91 Å². The smallest absolute Gasteiger partial charge is 0.236 e. The van der Waals surface area contributed by atoms with E-state index in [1.165, 1.54) is 17.4 Å². The van der Waals surface area contributed by atoms with Gasteiger partial charge in [0, 0.05) is 44.7 Å². The minimum absolute atomic E-state index is 0.304. The van der Waals surface area contributed by atoms with Crippen LogP contribution in [0.3, 0.4) is 0 Å². The quantitative estimate of drug-likeness (QED) is 0.851. The first kappa shape index (κ1) is 17.3. The molecule has 0 aliphatic carbocycles. The van der Waals surface area contributed by atoms with Gasteiger partial charge in [0.15, 0.2) is 0 Å². The molecule has 0 unspecified atom stereocenters. The number of aromatic nitrogens is 1. The molecule has 0 radical (unpaired) electrons. The summed E-state index contributed by atoms with van der Waals surface area (Å²) in [6.07, 6.45) is 3.58. The lowest BCUT2D eigenvalue weighted by atomic mass is 10.1. The summed E-state index contributed by atoms with van der Waals surface area (Å²) in [4.78, 5) is 24.0. The van der Waals surface area contributed by atoms with Crippen molar-refractivity contribution in [2.24, 2.45) is 0 Å². The zero-order valence-corrected chi connectivity index (χ0v) is 15.7. The topological polar surface area (TPSA) is 39.7 Å². The van der Waals surface area contributed by atoms with Crippen LogP contribution < -0.4 is 4.90 Å². The lowest BCUT2D eigenvalue weighted by molar-refractivity contribution is -0.133. The molecule has 0 spiro atoms. The third-order valence-corrected chi connectivity index (χ3v) is 5.67. The summed E-state index contributed by atoms with van der Waals surface area (Å²) in [6.45, 7) is 8.31. The van der Waals surface area contributed by atoms with E-state index in [-0.39, 0.29) is 0 Å². The molecule has 2 aromatic rings. The van der Waals surface area contributed by atoms with Crippen LogP contribution in [0.1, 0.15) is 24.8 Å². The molecule has 5 heteroatoms. The van der Waals surface area contributed by atoms with E-state index in [1.54, 1.807) is 0 Å². The number of hydrogen-bond acceptors (Lipinski definition) is 4. The van der Waals surface area contributed by atoms with Crippen LogP contribution in [0.4, 0.5) is 5.82 Å². The van der Waals surface area contributed by atoms with E-state index in [1.807, 2.05) is 11.0 Å². The number of rotatable bonds is 3. The van der Waals surface area contributed by atoms with Crippen LogP contribution in [-0.4, -0.2) is 66.5 Å². The summed E-state index contributed by atoms with van der Waals surface area (Å²) in [6, 6.07) is 10.5. The number of para-hydroxylation sites is 1. The van der Waals surface area contributed by atoms with Crippen molar-refractivity contribution >= 4 is 22.6 Å². The minimum Gasteiger partial charge on any atom is -0.354 e. The lowest BCUT2D eigenvalue weighted by Gasteiger charge is -2.36. The molecular formula is C21H28N4O. The highest BCUT2D eigenvalue weighted by atomic mass is 16.2. The van der Waals surface area contributed by atoms with Gasteiger partial charge >= 0.3 is 0 Å². The monoisotopic (exact) mass is 352 g/mol. The average Bonchev–Trinajstić information content (AvgIpc) is 2.69. The van der Waals surface area contributed by atoms with Crippen LogP contribution in [0, 0.1) is 6.92 Å². The molecule has 2 aliphatic heterocycles. The molecule has 5 nitrogen and oxygen atoms in total. The van der Waals surface area contributed by atoms with Crippen molar-refractivity contribution in [1.29, 1.82) is 0 Å². The van der Waals surface area contributed by atoms with Crippen molar-refractivity contribution in [1.82, 2.24) is 14.8 Å². The second-order valence-corrected chi connectivity index (χ2v) is 7.52. The summed E-state index contributed by atoms with van der Waals surface area (Å²) in [5.41, 5.74) is 2.33. The SMILES string of the molecule is Cc1cc(N2CCN(CC(=O)N3CCCCC3)CC2)nc2ccccc12. The highest BCUT2D eigenvalue weighted by molar-refractivity contribution is 5.83. The standard InChI is InChI=1S/C21H28N4O/c1-17-15-20(22-19-8-4-3-7-18(17)19)24-13-11-23(12-14-24)16-21(26)25-9-5-2-6-10-25/h3-4,7-8,15H,2,5-6,9-14,16H2,1H3. The number of fused-ring (bicyclic) bond motifs is 1. The predicted molar refractivity (Wildman–Crippen MR) is 106 cm³/mol. The van der Waals surface area contributed by atoms with Crippen LogP contribution in [0.25, 0.3) is 10.9 Å². The molecule has 0 bridgehead atoms. The van der Waals surface area contributed by atoms with Crippen LogP contribution in [0.2, 0.25) is 0 Å². The molecule has 0 atom stereocenters. The number of anilines is 1. The van der Waals surface area contributed by atoms with E-state index in [9.17, 15) is 4.79 Å². The summed E-state index contributed by atoms with van der Waals surface area (Å²) in [7, 11) is 0. The van der Waals surface area contributed by atoms with E-state index in [2.05, 4.69) is 41.0 Å². The Balaban J connectivity index is 1.37. The number of piperidine rings is 1. The van der Waals surface area contributed by atoms with Crippen molar-refractivity contribution in [3.05, 3.63) is 35.9 Å². The van der Waals surface area contributed by atoms with E-state index in [4.69, 9.17) is 4.98 Å². The number of carbonyl (C=O) groups excluding carboxylic acids is 1. The lowest BCUT2D eigenvalue weighted by Crippen LogP contribution is -2.50. The summed E-state index contributed by atoms with van der Waals surface area (Å²) in [5, 5.41) is 1.22. The van der Waals surface area contributed by atoms with E-state index < -0.39 is 0 Å². The van der Waals surface area contributed by atoms with Crippen LogP contribution in [-0.2, 0) is 4.79 Å². The fraction of sp³-hybridized carbons (Fsp3) is 0.524. The maximum Gasteiger partial charge on any atom is 0.236 e. The second kappa shape index (κ2) is 7.62. The van der Waals surface area contributed by atoms with E-state index in [0.717, 1.165) is 63.4 Å². The van der Waals surface area contributed by atoms with Crippen LogP contribution in [0.15, 0.2) is 30.3 Å². The number of likely N-dealkylation sites (tertiary alicyclic amines) is 1.